The summed E-state index contributed by atoms with van der Waals surface area (Å²) in [6, 6.07) is 18.4. The third kappa shape index (κ3) is 2.17. The zero-order valence-corrected chi connectivity index (χ0v) is 10.8. The molecular formula is C17H15NO. The van der Waals surface area contributed by atoms with Crippen LogP contribution in [0.4, 0.5) is 0 Å². The van der Waals surface area contributed by atoms with E-state index in [4.69, 9.17) is 0 Å². The molecule has 2 heteroatoms. The molecule has 0 spiro atoms. The standard InChI is InChI=1S/C17H15NO/c1-13(19)17-10-5-11-18(17)12-15-8-4-7-14-6-2-3-9-16(14)15/h2-11H,12H2,1H3. The van der Waals surface area contributed by atoms with Gasteiger partial charge in [-0.2, -0.15) is 0 Å². The van der Waals surface area contributed by atoms with Crippen LogP contribution in [0.3, 0.4) is 0 Å². The van der Waals surface area contributed by atoms with Gasteiger partial charge in [0.15, 0.2) is 5.78 Å². The predicted molar refractivity (Wildman–Crippen MR) is 77.5 cm³/mol. The van der Waals surface area contributed by atoms with Crippen molar-refractivity contribution in [3.63, 3.8) is 0 Å². The molecule has 0 aliphatic carbocycles. The first-order valence-electron chi connectivity index (χ1n) is 6.38. The second-order valence-corrected chi connectivity index (χ2v) is 4.72. The summed E-state index contributed by atoms with van der Waals surface area (Å²) < 4.78 is 2.00. The van der Waals surface area contributed by atoms with E-state index >= 15 is 0 Å². The van der Waals surface area contributed by atoms with E-state index in [1.54, 1.807) is 6.92 Å². The number of carbonyl (C=O) groups excluding carboxylic acids is 1. The van der Waals surface area contributed by atoms with Gasteiger partial charge in [0.1, 0.15) is 0 Å². The van der Waals surface area contributed by atoms with Crippen LogP contribution in [0.2, 0.25) is 0 Å². The number of nitrogens with zero attached hydrogens (tertiary/aromatic N) is 1. The molecule has 0 aliphatic rings. The van der Waals surface area contributed by atoms with E-state index < -0.39 is 0 Å². The van der Waals surface area contributed by atoms with Gasteiger partial charge in [-0.05, 0) is 28.5 Å². The van der Waals surface area contributed by atoms with Gasteiger partial charge in [0, 0.05) is 19.7 Å². The third-order valence-corrected chi connectivity index (χ3v) is 3.41. The molecule has 1 aromatic heterocycles. The van der Waals surface area contributed by atoms with E-state index in [1.807, 2.05) is 35.0 Å². The number of benzene rings is 2. The van der Waals surface area contributed by atoms with Crippen molar-refractivity contribution < 1.29 is 4.79 Å². The van der Waals surface area contributed by atoms with Crippen molar-refractivity contribution in [1.29, 1.82) is 0 Å². The minimum atomic E-state index is 0.102. The maximum absolute atomic E-state index is 11.6. The molecule has 19 heavy (non-hydrogen) atoms. The van der Waals surface area contributed by atoms with Crippen LogP contribution < -0.4 is 0 Å². The van der Waals surface area contributed by atoms with E-state index in [1.165, 1.54) is 16.3 Å². The number of fused-ring (bicyclic) bond motifs is 1. The lowest BCUT2D eigenvalue weighted by molar-refractivity contribution is 0.100. The summed E-state index contributed by atoms with van der Waals surface area (Å²) in [6.07, 6.45) is 1.96. The van der Waals surface area contributed by atoms with Crippen LogP contribution in [0.25, 0.3) is 10.8 Å². The highest BCUT2D eigenvalue weighted by molar-refractivity contribution is 5.92. The smallest absolute Gasteiger partial charge is 0.176 e. The molecule has 0 N–H and O–H groups in total. The maximum Gasteiger partial charge on any atom is 0.176 e. The van der Waals surface area contributed by atoms with Gasteiger partial charge in [-0.15, -0.1) is 0 Å². The maximum atomic E-state index is 11.6. The zero-order valence-electron chi connectivity index (χ0n) is 10.8. The molecule has 94 valence electrons. The average Bonchev–Trinajstić information content (AvgIpc) is 2.87. The summed E-state index contributed by atoms with van der Waals surface area (Å²) in [7, 11) is 0. The second-order valence-electron chi connectivity index (χ2n) is 4.72. The van der Waals surface area contributed by atoms with Crippen LogP contribution in [0, 0.1) is 0 Å². The Labute approximate surface area is 112 Å². The average molecular weight is 249 g/mol. The Bertz CT molecular complexity index is 734. The first kappa shape index (κ1) is 11.7. The van der Waals surface area contributed by atoms with Gasteiger partial charge in [0.05, 0.1) is 5.69 Å². The highest BCUT2D eigenvalue weighted by Crippen LogP contribution is 2.20. The molecule has 0 saturated heterocycles. The summed E-state index contributed by atoms with van der Waals surface area (Å²) >= 11 is 0. The third-order valence-electron chi connectivity index (χ3n) is 3.41. The Morgan fingerprint density at radius 1 is 1.00 bits per heavy atom. The number of aromatic nitrogens is 1. The lowest BCUT2D eigenvalue weighted by Crippen LogP contribution is -2.06. The Kier molecular flexibility index (Phi) is 2.92. The number of hydrogen-bond donors (Lipinski definition) is 0. The molecule has 0 fully saturated rings. The minimum Gasteiger partial charge on any atom is -0.341 e. The molecule has 0 atom stereocenters. The summed E-state index contributed by atoms with van der Waals surface area (Å²) in [5.41, 5.74) is 1.99. The Morgan fingerprint density at radius 2 is 1.79 bits per heavy atom. The predicted octanol–water partition coefficient (Wildman–Crippen LogP) is 3.89. The van der Waals surface area contributed by atoms with E-state index in [9.17, 15) is 4.79 Å². The summed E-state index contributed by atoms with van der Waals surface area (Å²) in [4.78, 5) is 11.6. The molecule has 0 aliphatic heterocycles. The second kappa shape index (κ2) is 4.73. The first-order chi connectivity index (χ1) is 9.25. The number of carbonyl (C=O) groups is 1. The Hall–Kier alpha value is -2.35. The van der Waals surface area contributed by atoms with Crippen LogP contribution in [0.5, 0.6) is 0 Å². The van der Waals surface area contributed by atoms with Gasteiger partial charge in [0.25, 0.3) is 0 Å². The van der Waals surface area contributed by atoms with Crippen molar-refractivity contribution in [3.8, 4) is 0 Å². The Balaban J connectivity index is 2.06. The topological polar surface area (TPSA) is 22.0 Å². The fraction of sp³-hybridized carbons (Fsp3) is 0.118. The number of Topliss-reactive ketones (excluding diaryl/α,β-unsaturated/α-hetero) is 1. The number of ketones is 1. The van der Waals surface area contributed by atoms with Crippen LogP contribution in [0.15, 0.2) is 60.8 Å². The lowest BCUT2D eigenvalue weighted by atomic mass is 10.0. The molecule has 0 radical (unpaired) electrons. The van der Waals surface area contributed by atoms with E-state index in [0.29, 0.717) is 0 Å². The van der Waals surface area contributed by atoms with Gasteiger partial charge in [-0.1, -0.05) is 42.5 Å². The fourth-order valence-electron chi connectivity index (χ4n) is 2.49. The molecule has 0 saturated carbocycles. The zero-order chi connectivity index (χ0) is 13.2. The van der Waals surface area contributed by atoms with Crippen molar-refractivity contribution >= 4 is 16.6 Å². The van der Waals surface area contributed by atoms with Gasteiger partial charge in [-0.3, -0.25) is 4.79 Å². The summed E-state index contributed by atoms with van der Waals surface area (Å²) in [6.45, 7) is 2.33. The monoisotopic (exact) mass is 249 g/mol. The van der Waals surface area contributed by atoms with Crippen LogP contribution in [-0.2, 0) is 6.54 Å². The highest BCUT2D eigenvalue weighted by Gasteiger charge is 2.07. The molecule has 3 rings (SSSR count). The van der Waals surface area contributed by atoms with E-state index in [-0.39, 0.29) is 5.78 Å². The van der Waals surface area contributed by atoms with Gasteiger partial charge >= 0.3 is 0 Å². The Morgan fingerprint density at radius 3 is 2.63 bits per heavy atom. The van der Waals surface area contributed by atoms with Gasteiger partial charge < -0.3 is 4.57 Å². The van der Waals surface area contributed by atoms with Crippen molar-refractivity contribution in [1.82, 2.24) is 4.57 Å². The van der Waals surface area contributed by atoms with Gasteiger partial charge in [-0.25, -0.2) is 0 Å². The number of hydrogen-bond acceptors (Lipinski definition) is 1. The van der Waals surface area contributed by atoms with Crippen molar-refractivity contribution in [2.45, 2.75) is 13.5 Å². The molecule has 1 heterocycles. The molecule has 2 aromatic carbocycles. The number of rotatable bonds is 3. The molecule has 3 aromatic rings. The van der Waals surface area contributed by atoms with Crippen molar-refractivity contribution in [2.75, 3.05) is 0 Å². The summed E-state index contributed by atoms with van der Waals surface area (Å²) in [5, 5.41) is 2.48. The fourth-order valence-corrected chi connectivity index (χ4v) is 2.49. The lowest BCUT2D eigenvalue weighted by Gasteiger charge is -2.10. The highest BCUT2D eigenvalue weighted by atomic mass is 16.1. The molecular weight excluding hydrogens is 234 g/mol. The summed E-state index contributed by atoms with van der Waals surface area (Å²) in [5.74, 6) is 0.102. The van der Waals surface area contributed by atoms with E-state index in [2.05, 4.69) is 30.3 Å². The minimum absolute atomic E-state index is 0.102. The van der Waals surface area contributed by atoms with Crippen LogP contribution in [0.1, 0.15) is 23.0 Å². The van der Waals surface area contributed by atoms with Crippen LogP contribution in [-0.4, -0.2) is 10.4 Å². The SMILES string of the molecule is CC(=O)c1cccn1Cc1cccc2ccccc12. The largest absolute Gasteiger partial charge is 0.341 e. The quantitative estimate of drug-likeness (QED) is 0.645. The van der Waals surface area contributed by atoms with Gasteiger partial charge in [0.2, 0.25) is 0 Å². The molecule has 0 unspecified atom stereocenters. The molecule has 2 nitrogen and oxygen atoms in total. The molecule has 0 amide bonds. The van der Waals surface area contributed by atoms with Crippen molar-refractivity contribution in [3.05, 3.63) is 72.1 Å². The first-order valence-corrected chi connectivity index (χ1v) is 6.38. The normalized spacial score (nSPS) is 10.8. The van der Waals surface area contributed by atoms with E-state index in [0.717, 1.165) is 12.2 Å². The van der Waals surface area contributed by atoms with Crippen LogP contribution >= 0.6 is 0 Å². The van der Waals surface area contributed by atoms with Crippen molar-refractivity contribution in [2.24, 2.45) is 0 Å². The molecule has 0 bridgehead atoms.